The van der Waals surface area contributed by atoms with Gasteiger partial charge in [-0.05, 0) is 44.0 Å². The molecule has 6 heteroatoms. The monoisotopic (exact) mass is 368 g/mol. The number of fused-ring (bicyclic) bond motifs is 1. The number of carbonyl (C=O) groups is 2. The van der Waals surface area contributed by atoms with Crippen LogP contribution < -0.4 is 5.32 Å². The molecule has 1 N–H and O–H groups in total. The van der Waals surface area contributed by atoms with Gasteiger partial charge in [0.15, 0.2) is 0 Å². The van der Waals surface area contributed by atoms with Crippen molar-refractivity contribution in [3.63, 3.8) is 0 Å². The molecule has 0 radical (unpaired) electrons. The van der Waals surface area contributed by atoms with Crippen LogP contribution in [-0.4, -0.2) is 33.4 Å². The van der Waals surface area contributed by atoms with Crippen molar-refractivity contribution in [2.75, 3.05) is 11.1 Å². The molecule has 0 bridgehead atoms. The predicted octanol–water partition coefficient (Wildman–Crippen LogP) is 3.15. The van der Waals surface area contributed by atoms with Crippen LogP contribution in [0, 0.1) is 6.92 Å². The van der Waals surface area contributed by atoms with Gasteiger partial charge in [-0.1, -0.05) is 15.9 Å². The SMILES string of the molecule is Cc1cc(Br)ccc1NC(=O)[C@H]1CS[C@]2(C)CCC(=O)N12. The molecule has 2 saturated heterocycles. The predicted molar refractivity (Wildman–Crippen MR) is 88.2 cm³/mol. The van der Waals surface area contributed by atoms with Gasteiger partial charge in [0.1, 0.15) is 6.04 Å². The standard InChI is InChI=1S/C15H17BrN2O2S/c1-9-7-10(16)3-4-11(9)17-14(20)12-8-21-15(2)6-5-13(19)18(12)15/h3-4,7,12H,5-6,8H2,1-2H3,(H,17,20)/t12-,15-/m1/s1. The van der Waals surface area contributed by atoms with Crippen molar-refractivity contribution in [3.8, 4) is 0 Å². The van der Waals surface area contributed by atoms with Crippen LogP contribution in [0.3, 0.4) is 0 Å². The highest BCUT2D eigenvalue weighted by Gasteiger charge is 2.52. The summed E-state index contributed by atoms with van der Waals surface area (Å²) in [6.07, 6.45) is 1.38. The number of amides is 2. The van der Waals surface area contributed by atoms with Crippen molar-refractivity contribution in [2.24, 2.45) is 0 Å². The molecule has 2 heterocycles. The van der Waals surface area contributed by atoms with Gasteiger partial charge in [-0.3, -0.25) is 9.59 Å². The normalized spacial score (nSPS) is 27.9. The van der Waals surface area contributed by atoms with E-state index in [-0.39, 0.29) is 22.7 Å². The van der Waals surface area contributed by atoms with Crippen LogP contribution in [-0.2, 0) is 9.59 Å². The summed E-state index contributed by atoms with van der Waals surface area (Å²) in [5.41, 5.74) is 1.80. The molecule has 2 aliphatic rings. The van der Waals surface area contributed by atoms with Gasteiger partial charge in [0.05, 0.1) is 4.87 Å². The van der Waals surface area contributed by atoms with Crippen molar-refractivity contribution in [3.05, 3.63) is 28.2 Å². The quantitative estimate of drug-likeness (QED) is 0.871. The first-order valence-electron chi connectivity index (χ1n) is 6.94. The Balaban J connectivity index is 1.78. The summed E-state index contributed by atoms with van der Waals surface area (Å²) < 4.78 is 0.983. The van der Waals surface area contributed by atoms with Crippen molar-refractivity contribution < 1.29 is 9.59 Å². The molecule has 112 valence electrons. The Morgan fingerprint density at radius 2 is 2.29 bits per heavy atom. The van der Waals surface area contributed by atoms with Gasteiger partial charge in [0, 0.05) is 22.3 Å². The summed E-state index contributed by atoms with van der Waals surface area (Å²) in [5.74, 6) is 0.672. The fraction of sp³-hybridized carbons (Fsp3) is 0.467. The van der Waals surface area contributed by atoms with Gasteiger partial charge in [-0.2, -0.15) is 0 Å². The van der Waals surface area contributed by atoms with Gasteiger partial charge in [0.2, 0.25) is 11.8 Å². The molecule has 1 aromatic carbocycles. The summed E-state index contributed by atoms with van der Waals surface area (Å²) in [7, 11) is 0. The zero-order chi connectivity index (χ0) is 15.2. The number of thioether (sulfide) groups is 1. The first-order chi connectivity index (χ1) is 9.90. The fourth-order valence-electron chi connectivity index (χ4n) is 3.00. The molecule has 2 fully saturated rings. The number of anilines is 1. The lowest BCUT2D eigenvalue weighted by Gasteiger charge is -2.30. The second kappa shape index (κ2) is 5.32. The number of aryl methyl sites for hydroxylation is 1. The maximum Gasteiger partial charge on any atom is 0.248 e. The van der Waals surface area contributed by atoms with E-state index in [1.807, 2.05) is 25.1 Å². The number of benzene rings is 1. The first kappa shape index (κ1) is 14.9. The Hall–Kier alpha value is -1.01. The third-order valence-electron chi connectivity index (χ3n) is 4.19. The lowest BCUT2D eigenvalue weighted by Crippen LogP contribution is -2.48. The zero-order valence-electron chi connectivity index (χ0n) is 12.0. The Labute approximate surface area is 136 Å². The minimum absolute atomic E-state index is 0.0908. The molecule has 0 unspecified atom stereocenters. The smallest absolute Gasteiger partial charge is 0.248 e. The third kappa shape index (κ3) is 2.59. The van der Waals surface area contributed by atoms with Crippen LogP contribution >= 0.6 is 27.7 Å². The molecule has 2 amide bonds. The van der Waals surface area contributed by atoms with E-state index >= 15 is 0 Å². The van der Waals surface area contributed by atoms with Crippen molar-refractivity contribution in [2.45, 2.75) is 37.6 Å². The maximum absolute atomic E-state index is 12.6. The molecule has 21 heavy (non-hydrogen) atoms. The van der Waals surface area contributed by atoms with Crippen LogP contribution in [0.25, 0.3) is 0 Å². The third-order valence-corrected chi connectivity index (χ3v) is 6.19. The number of nitrogens with one attached hydrogen (secondary N) is 1. The van der Waals surface area contributed by atoms with Gasteiger partial charge in [-0.25, -0.2) is 0 Å². The molecule has 1 aromatic rings. The van der Waals surface area contributed by atoms with Gasteiger partial charge in [0.25, 0.3) is 0 Å². The number of carbonyl (C=O) groups excluding carboxylic acids is 2. The van der Waals surface area contributed by atoms with E-state index in [1.54, 1.807) is 16.7 Å². The molecular formula is C15H17BrN2O2S. The van der Waals surface area contributed by atoms with Gasteiger partial charge in [-0.15, -0.1) is 11.8 Å². The lowest BCUT2D eigenvalue weighted by atomic mass is 10.1. The van der Waals surface area contributed by atoms with E-state index in [9.17, 15) is 9.59 Å². The topological polar surface area (TPSA) is 49.4 Å². The van der Waals surface area contributed by atoms with E-state index in [0.717, 1.165) is 22.1 Å². The molecule has 0 saturated carbocycles. The number of hydrogen-bond acceptors (Lipinski definition) is 3. The van der Waals surface area contributed by atoms with Crippen LogP contribution in [0.15, 0.2) is 22.7 Å². The van der Waals surface area contributed by atoms with E-state index in [4.69, 9.17) is 0 Å². The van der Waals surface area contributed by atoms with E-state index in [1.165, 1.54) is 0 Å². The van der Waals surface area contributed by atoms with Gasteiger partial charge < -0.3 is 10.2 Å². The Bertz CT molecular complexity index is 622. The van der Waals surface area contributed by atoms with Crippen molar-refractivity contribution >= 4 is 45.2 Å². The minimum Gasteiger partial charge on any atom is -0.324 e. The maximum atomic E-state index is 12.6. The average molecular weight is 369 g/mol. The fourth-order valence-corrected chi connectivity index (χ4v) is 4.91. The average Bonchev–Trinajstić information content (AvgIpc) is 2.90. The van der Waals surface area contributed by atoms with Crippen molar-refractivity contribution in [1.29, 1.82) is 0 Å². The van der Waals surface area contributed by atoms with Crippen LogP contribution in [0.4, 0.5) is 5.69 Å². The van der Waals surface area contributed by atoms with Crippen LogP contribution in [0.2, 0.25) is 0 Å². The number of rotatable bonds is 2. The summed E-state index contributed by atoms with van der Waals surface area (Å²) in [4.78, 5) is 26.2. The van der Waals surface area contributed by atoms with E-state index in [0.29, 0.717) is 12.2 Å². The molecule has 0 aromatic heterocycles. The highest BCUT2D eigenvalue weighted by Crippen LogP contribution is 2.47. The largest absolute Gasteiger partial charge is 0.324 e. The van der Waals surface area contributed by atoms with E-state index in [2.05, 4.69) is 28.2 Å². The molecule has 0 aliphatic carbocycles. The highest BCUT2D eigenvalue weighted by molar-refractivity contribution is 9.10. The van der Waals surface area contributed by atoms with Crippen molar-refractivity contribution in [1.82, 2.24) is 4.90 Å². The number of halogens is 1. The van der Waals surface area contributed by atoms with Crippen LogP contribution in [0.1, 0.15) is 25.3 Å². The Morgan fingerprint density at radius 1 is 1.52 bits per heavy atom. The number of nitrogens with zero attached hydrogens (tertiary/aromatic N) is 1. The summed E-state index contributed by atoms with van der Waals surface area (Å²) >= 11 is 5.12. The first-order valence-corrected chi connectivity index (χ1v) is 8.72. The molecular weight excluding hydrogens is 352 g/mol. The number of hydrogen-bond donors (Lipinski definition) is 1. The second-order valence-electron chi connectivity index (χ2n) is 5.71. The zero-order valence-corrected chi connectivity index (χ0v) is 14.4. The Kier molecular flexibility index (Phi) is 3.78. The van der Waals surface area contributed by atoms with E-state index < -0.39 is 0 Å². The molecule has 2 atom stereocenters. The minimum atomic E-state index is -0.363. The molecule has 4 nitrogen and oxygen atoms in total. The molecule has 3 rings (SSSR count). The summed E-state index contributed by atoms with van der Waals surface area (Å²) in [5, 5.41) is 2.96. The lowest BCUT2D eigenvalue weighted by molar-refractivity contribution is -0.135. The van der Waals surface area contributed by atoms with Gasteiger partial charge >= 0.3 is 0 Å². The van der Waals surface area contributed by atoms with Crippen LogP contribution in [0.5, 0.6) is 0 Å². The second-order valence-corrected chi connectivity index (χ2v) is 8.13. The summed E-state index contributed by atoms with van der Waals surface area (Å²) in [6, 6.07) is 5.38. The summed E-state index contributed by atoms with van der Waals surface area (Å²) in [6.45, 7) is 4.01. The molecule has 2 aliphatic heterocycles. The Morgan fingerprint density at radius 3 is 3.00 bits per heavy atom. The highest BCUT2D eigenvalue weighted by atomic mass is 79.9. The molecule has 0 spiro atoms.